The maximum atomic E-state index is 11.7. The van der Waals surface area contributed by atoms with Gasteiger partial charge in [-0.25, -0.2) is 0 Å². The van der Waals surface area contributed by atoms with Gasteiger partial charge in [-0.3, -0.25) is 4.79 Å². The highest BCUT2D eigenvalue weighted by atomic mass is 16.5. The smallest absolute Gasteiger partial charge is 0.305 e. The molecular formula is C25H42O5. The Morgan fingerprint density at radius 1 is 1.07 bits per heavy atom. The van der Waals surface area contributed by atoms with Gasteiger partial charge in [0.1, 0.15) is 0 Å². The lowest BCUT2D eigenvalue weighted by atomic mass is 9.43. The van der Waals surface area contributed by atoms with E-state index >= 15 is 0 Å². The fourth-order valence-corrected chi connectivity index (χ4v) is 8.78. The van der Waals surface area contributed by atoms with Crippen LogP contribution in [-0.4, -0.2) is 46.7 Å². The van der Waals surface area contributed by atoms with Gasteiger partial charge in [0.25, 0.3) is 0 Å². The zero-order chi connectivity index (χ0) is 21.8. The lowest BCUT2D eigenvalue weighted by Gasteiger charge is -2.63. The van der Waals surface area contributed by atoms with E-state index in [9.17, 15) is 20.1 Å². The minimum absolute atomic E-state index is 0.111. The van der Waals surface area contributed by atoms with Crippen molar-refractivity contribution in [3.8, 4) is 0 Å². The SMILES string of the molecule is COC(=O)CCC(C)C1CCC2C3C(O)CC4C[C@H](O)CC[C@]4(C)C3C[C@H](O)[C@]12C. The van der Waals surface area contributed by atoms with Crippen LogP contribution in [0.1, 0.15) is 78.6 Å². The van der Waals surface area contributed by atoms with Crippen molar-refractivity contribution < 1.29 is 24.9 Å². The van der Waals surface area contributed by atoms with Crippen LogP contribution in [0.2, 0.25) is 0 Å². The first-order chi connectivity index (χ1) is 14.1. The Bertz CT molecular complexity index is 651. The Balaban J connectivity index is 1.58. The fraction of sp³-hybridized carbons (Fsp3) is 0.960. The van der Waals surface area contributed by atoms with Crippen LogP contribution >= 0.6 is 0 Å². The predicted octanol–water partition coefficient (Wildman–Crippen LogP) is 3.54. The van der Waals surface area contributed by atoms with Gasteiger partial charge in [0.05, 0.1) is 25.4 Å². The lowest BCUT2D eigenvalue weighted by molar-refractivity contribution is -0.207. The molecule has 0 saturated heterocycles. The van der Waals surface area contributed by atoms with E-state index in [4.69, 9.17) is 4.74 Å². The molecule has 0 aromatic rings. The van der Waals surface area contributed by atoms with Gasteiger partial charge >= 0.3 is 5.97 Å². The monoisotopic (exact) mass is 422 g/mol. The van der Waals surface area contributed by atoms with Gasteiger partial charge in [-0.1, -0.05) is 20.8 Å². The van der Waals surface area contributed by atoms with Gasteiger partial charge in [-0.15, -0.1) is 0 Å². The molecule has 0 spiro atoms. The second kappa shape index (κ2) is 8.04. The standard InChI is InChI=1S/C25H42O5/c1-14(5-8-22(29)30-4)17-6-7-18-23-19(13-21(28)25(17,18)3)24(2)10-9-16(26)11-15(24)12-20(23)27/h14-21,23,26-28H,5-13H2,1-4H3/t14?,15?,16-,17?,18?,19?,20?,21+,23?,24+,25-/m1/s1. The van der Waals surface area contributed by atoms with Gasteiger partial charge in [-0.05, 0) is 97.7 Å². The van der Waals surface area contributed by atoms with Gasteiger partial charge in [-0.2, -0.15) is 0 Å². The fourth-order valence-electron chi connectivity index (χ4n) is 8.78. The maximum Gasteiger partial charge on any atom is 0.305 e. The molecule has 3 N–H and O–H groups in total. The van der Waals surface area contributed by atoms with Crippen molar-refractivity contribution >= 4 is 5.97 Å². The summed E-state index contributed by atoms with van der Waals surface area (Å²) in [6.45, 7) is 6.85. The Labute approximate surface area is 181 Å². The number of carbonyl (C=O) groups excluding carboxylic acids is 1. The van der Waals surface area contributed by atoms with Gasteiger partial charge in [0.15, 0.2) is 0 Å². The summed E-state index contributed by atoms with van der Waals surface area (Å²) < 4.78 is 4.83. The summed E-state index contributed by atoms with van der Waals surface area (Å²) in [5.41, 5.74) is -0.0882. The molecular weight excluding hydrogens is 380 g/mol. The highest BCUT2D eigenvalue weighted by Gasteiger charge is 2.65. The number of methoxy groups -OCH3 is 1. The zero-order valence-corrected chi connectivity index (χ0v) is 19.2. The van der Waals surface area contributed by atoms with E-state index in [0.717, 1.165) is 51.4 Å². The predicted molar refractivity (Wildman–Crippen MR) is 114 cm³/mol. The molecule has 0 aromatic carbocycles. The molecule has 11 atom stereocenters. The number of esters is 1. The molecule has 7 unspecified atom stereocenters. The van der Waals surface area contributed by atoms with Crippen molar-refractivity contribution in [1.29, 1.82) is 0 Å². The van der Waals surface area contributed by atoms with Gasteiger partial charge in [0.2, 0.25) is 0 Å². The summed E-state index contributed by atoms with van der Waals surface area (Å²) in [6, 6.07) is 0. The number of rotatable bonds is 4. The van der Waals surface area contributed by atoms with E-state index in [1.54, 1.807) is 0 Å². The van der Waals surface area contributed by atoms with E-state index in [0.29, 0.717) is 36.0 Å². The molecule has 4 fully saturated rings. The van der Waals surface area contributed by atoms with E-state index in [2.05, 4.69) is 20.8 Å². The first kappa shape index (κ1) is 22.5. The number of hydrogen-bond acceptors (Lipinski definition) is 5. The van der Waals surface area contributed by atoms with E-state index in [-0.39, 0.29) is 41.0 Å². The van der Waals surface area contributed by atoms with Crippen LogP contribution in [0.4, 0.5) is 0 Å². The number of hydrogen-bond donors (Lipinski definition) is 3. The molecule has 4 aliphatic rings. The molecule has 5 nitrogen and oxygen atoms in total. The highest BCUT2D eigenvalue weighted by molar-refractivity contribution is 5.69. The minimum atomic E-state index is -0.369. The number of fused-ring (bicyclic) bond motifs is 5. The normalized spacial score (nSPS) is 51.4. The molecule has 5 heteroatoms. The van der Waals surface area contributed by atoms with Crippen LogP contribution < -0.4 is 0 Å². The molecule has 0 aliphatic heterocycles. The van der Waals surface area contributed by atoms with Crippen molar-refractivity contribution in [3.05, 3.63) is 0 Å². The van der Waals surface area contributed by atoms with Gasteiger partial charge < -0.3 is 20.1 Å². The summed E-state index contributed by atoms with van der Waals surface area (Å²) in [5, 5.41) is 33.1. The second-order valence-corrected chi connectivity index (χ2v) is 11.6. The van der Waals surface area contributed by atoms with Crippen LogP contribution in [0.5, 0.6) is 0 Å². The summed E-state index contributed by atoms with van der Waals surface area (Å²) in [6.07, 6.45) is 6.60. The Kier molecular flexibility index (Phi) is 6.04. The van der Waals surface area contributed by atoms with Crippen molar-refractivity contribution in [2.24, 2.45) is 46.3 Å². The highest BCUT2D eigenvalue weighted by Crippen LogP contribution is 2.68. The van der Waals surface area contributed by atoms with E-state index in [1.807, 2.05) is 0 Å². The molecule has 4 aliphatic carbocycles. The maximum absolute atomic E-state index is 11.7. The van der Waals surface area contributed by atoms with Crippen molar-refractivity contribution in [1.82, 2.24) is 0 Å². The molecule has 30 heavy (non-hydrogen) atoms. The summed E-state index contributed by atoms with van der Waals surface area (Å²) in [7, 11) is 1.44. The Morgan fingerprint density at radius 3 is 2.50 bits per heavy atom. The van der Waals surface area contributed by atoms with Crippen LogP contribution in [0.25, 0.3) is 0 Å². The van der Waals surface area contributed by atoms with Crippen molar-refractivity contribution in [2.45, 2.75) is 96.9 Å². The average Bonchev–Trinajstić information content (AvgIpc) is 3.06. The number of aliphatic hydroxyl groups excluding tert-OH is 3. The summed E-state index contributed by atoms with van der Waals surface area (Å²) >= 11 is 0. The second-order valence-electron chi connectivity index (χ2n) is 11.6. The number of ether oxygens (including phenoxy) is 1. The molecule has 4 rings (SSSR count). The third kappa shape index (κ3) is 3.34. The zero-order valence-electron chi connectivity index (χ0n) is 19.2. The molecule has 0 bridgehead atoms. The third-order valence-electron chi connectivity index (χ3n) is 10.6. The lowest BCUT2D eigenvalue weighted by Crippen LogP contribution is -2.62. The third-order valence-corrected chi connectivity index (χ3v) is 10.6. The quantitative estimate of drug-likeness (QED) is 0.603. The Hall–Kier alpha value is -0.650. The molecule has 0 aromatic heterocycles. The summed E-state index contributed by atoms with van der Waals surface area (Å²) in [4.78, 5) is 11.7. The molecule has 172 valence electrons. The minimum Gasteiger partial charge on any atom is -0.469 e. The first-order valence-electron chi connectivity index (χ1n) is 12.2. The van der Waals surface area contributed by atoms with Crippen LogP contribution in [0.15, 0.2) is 0 Å². The first-order valence-corrected chi connectivity index (χ1v) is 12.2. The summed E-state index contributed by atoms with van der Waals surface area (Å²) in [5.74, 6) is 1.81. The molecule has 0 radical (unpaired) electrons. The molecule has 4 saturated carbocycles. The van der Waals surface area contributed by atoms with Crippen LogP contribution in [-0.2, 0) is 9.53 Å². The van der Waals surface area contributed by atoms with Crippen LogP contribution in [0, 0.1) is 46.3 Å². The average molecular weight is 423 g/mol. The number of carbonyl (C=O) groups is 1. The van der Waals surface area contributed by atoms with E-state index in [1.165, 1.54) is 7.11 Å². The van der Waals surface area contributed by atoms with Crippen LogP contribution in [0.3, 0.4) is 0 Å². The largest absolute Gasteiger partial charge is 0.469 e. The van der Waals surface area contributed by atoms with Crippen molar-refractivity contribution in [3.63, 3.8) is 0 Å². The topological polar surface area (TPSA) is 87.0 Å². The van der Waals surface area contributed by atoms with Crippen molar-refractivity contribution in [2.75, 3.05) is 7.11 Å². The Morgan fingerprint density at radius 2 is 1.80 bits per heavy atom. The molecule has 0 heterocycles. The molecule has 0 amide bonds. The number of aliphatic hydroxyl groups is 3. The van der Waals surface area contributed by atoms with E-state index < -0.39 is 0 Å². The van der Waals surface area contributed by atoms with Gasteiger partial charge in [0, 0.05) is 6.42 Å².